The Kier molecular flexibility index (Phi) is 4.99. The van der Waals surface area contributed by atoms with Crippen LogP contribution in [0.5, 0.6) is 0 Å². The number of ether oxygens (including phenoxy) is 1. The fourth-order valence-corrected chi connectivity index (χ4v) is 2.67. The normalized spacial score (nSPS) is 22.0. The number of carbonyl (C=O) groups excluding carboxylic acids is 1. The van der Waals surface area contributed by atoms with Crippen molar-refractivity contribution in [3.63, 3.8) is 0 Å². The molecule has 1 aromatic rings. The zero-order valence-corrected chi connectivity index (χ0v) is 12.8. The van der Waals surface area contributed by atoms with E-state index in [-0.39, 0.29) is 19.7 Å². The fourth-order valence-electron chi connectivity index (χ4n) is 2.67. The lowest BCUT2D eigenvalue weighted by Gasteiger charge is -2.41. The van der Waals surface area contributed by atoms with Crippen molar-refractivity contribution in [2.45, 2.75) is 31.3 Å². The first kappa shape index (κ1) is 17.3. The standard InChI is InChI=1S/C16H19F2NO4/c1-15(12-5-3-2-4-6-12)11-19(7-8-23-15)13(20)9-16(17,18)10-14(21)22/h2-6H,7-11H2,1H3,(H,21,22). The summed E-state index contributed by atoms with van der Waals surface area (Å²) >= 11 is 0. The van der Waals surface area contributed by atoms with Crippen molar-refractivity contribution in [1.29, 1.82) is 0 Å². The van der Waals surface area contributed by atoms with Crippen molar-refractivity contribution in [2.24, 2.45) is 0 Å². The van der Waals surface area contributed by atoms with Gasteiger partial charge in [-0.05, 0) is 12.5 Å². The monoisotopic (exact) mass is 327 g/mol. The molecule has 23 heavy (non-hydrogen) atoms. The molecule has 1 amide bonds. The van der Waals surface area contributed by atoms with Crippen LogP contribution in [0, 0.1) is 0 Å². The summed E-state index contributed by atoms with van der Waals surface area (Å²) in [5.74, 6) is -5.94. The smallest absolute Gasteiger partial charge is 0.309 e. The number of rotatable bonds is 5. The van der Waals surface area contributed by atoms with Gasteiger partial charge < -0.3 is 14.7 Å². The van der Waals surface area contributed by atoms with Crippen LogP contribution in [0.15, 0.2) is 30.3 Å². The van der Waals surface area contributed by atoms with E-state index < -0.39 is 36.2 Å². The Labute approximate surface area is 132 Å². The van der Waals surface area contributed by atoms with E-state index in [1.807, 2.05) is 30.3 Å². The first-order valence-electron chi connectivity index (χ1n) is 7.29. The van der Waals surface area contributed by atoms with Gasteiger partial charge in [0.25, 0.3) is 5.92 Å². The van der Waals surface area contributed by atoms with Gasteiger partial charge in [-0.2, -0.15) is 0 Å². The van der Waals surface area contributed by atoms with E-state index in [1.54, 1.807) is 6.92 Å². The van der Waals surface area contributed by atoms with Crippen molar-refractivity contribution in [1.82, 2.24) is 4.90 Å². The lowest BCUT2D eigenvalue weighted by Crippen LogP contribution is -2.51. The van der Waals surface area contributed by atoms with E-state index in [2.05, 4.69) is 0 Å². The molecule has 5 nitrogen and oxygen atoms in total. The predicted octanol–water partition coefficient (Wildman–Crippen LogP) is 2.26. The molecule has 1 aromatic carbocycles. The first-order chi connectivity index (χ1) is 10.7. The Morgan fingerprint density at radius 3 is 2.57 bits per heavy atom. The molecule has 126 valence electrons. The summed E-state index contributed by atoms with van der Waals surface area (Å²) in [6, 6.07) is 9.24. The molecule has 0 spiro atoms. The summed E-state index contributed by atoms with van der Waals surface area (Å²) in [6.45, 7) is 2.40. The number of benzene rings is 1. The summed E-state index contributed by atoms with van der Waals surface area (Å²) in [4.78, 5) is 23.9. The molecule has 1 fully saturated rings. The highest BCUT2D eigenvalue weighted by molar-refractivity contribution is 5.78. The number of aliphatic carboxylic acids is 1. The number of hydrogen-bond donors (Lipinski definition) is 1. The molecule has 0 radical (unpaired) electrons. The highest BCUT2D eigenvalue weighted by Crippen LogP contribution is 2.31. The SMILES string of the molecule is CC1(c2ccccc2)CN(C(=O)CC(F)(F)CC(=O)O)CCO1. The molecular weight excluding hydrogens is 308 g/mol. The van der Waals surface area contributed by atoms with E-state index in [0.717, 1.165) is 5.56 Å². The van der Waals surface area contributed by atoms with Crippen molar-refractivity contribution in [3.05, 3.63) is 35.9 Å². The molecule has 1 aliphatic rings. The molecule has 0 bridgehead atoms. The molecule has 1 heterocycles. The van der Waals surface area contributed by atoms with E-state index in [0.29, 0.717) is 0 Å². The molecule has 2 rings (SSSR count). The summed E-state index contributed by atoms with van der Waals surface area (Å²) in [5.41, 5.74) is 0.0897. The second-order valence-corrected chi connectivity index (χ2v) is 5.86. The lowest BCUT2D eigenvalue weighted by molar-refractivity contribution is -0.159. The van der Waals surface area contributed by atoms with Gasteiger partial charge in [-0.15, -0.1) is 0 Å². The molecule has 1 saturated heterocycles. The quantitative estimate of drug-likeness (QED) is 0.901. The molecular formula is C16H19F2NO4. The van der Waals surface area contributed by atoms with Gasteiger partial charge >= 0.3 is 5.97 Å². The third-order valence-corrected chi connectivity index (χ3v) is 3.83. The van der Waals surface area contributed by atoms with E-state index in [1.165, 1.54) is 4.90 Å². The number of carboxylic acid groups (broad SMARTS) is 1. The minimum absolute atomic E-state index is 0.152. The average molecular weight is 327 g/mol. The van der Waals surface area contributed by atoms with Crippen LogP contribution in [-0.2, 0) is 19.9 Å². The van der Waals surface area contributed by atoms with Crippen LogP contribution in [0.4, 0.5) is 8.78 Å². The topological polar surface area (TPSA) is 66.8 Å². The zero-order valence-electron chi connectivity index (χ0n) is 12.8. The van der Waals surface area contributed by atoms with Gasteiger partial charge in [0, 0.05) is 6.54 Å². The highest BCUT2D eigenvalue weighted by Gasteiger charge is 2.40. The van der Waals surface area contributed by atoms with Gasteiger partial charge in [0.2, 0.25) is 5.91 Å². The van der Waals surface area contributed by atoms with Crippen molar-refractivity contribution >= 4 is 11.9 Å². The van der Waals surface area contributed by atoms with Crippen molar-refractivity contribution in [2.75, 3.05) is 19.7 Å². The van der Waals surface area contributed by atoms with Gasteiger partial charge in [-0.3, -0.25) is 9.59 Å². The molecule has 1 N–H and O–H groups in total. The largest absolute Gasteiger partial charge is 0.481 e. The van der Waals surface area contributed by atoms with Gasteiger partial charge in [0.1, 0.15) is 12.0 Å². The Hall–Kier alpha value is -2.02. The maximum Gasteiger partial charge on any atom is 0.309 e. The van der Waals surface area contributed by atoms with Gasteiger partial charge in [-0.25, -0.2) is 8.78 Å². The first-order valence-corrected chi connectivity index (χ1v) is 7.29. The molecule has 0 aromatic heterocycles. The number of amides is 1. The van der Waals surface area contributed by atoms with Gasteiger partial charge in [0.05, 0.1) is 19.6 Å². The Morgan fingerprint density at radius 2 is 1.96 bits per heavy atom. The second kappa shape index (κ2) is 6.62. The van der Waals surface area contributed by atoms with Crippen LogP contribution in [0.2, 0.25) is 0 Å². The average Bonchev–Trinajstić information content (AvgIpc) is 2.46. The highest BCUT2D eigenvalue weighted by atomic mass is 19.3. The summed E-state index contributed by atoms with van der Waals surface area (Å²) in [5, 5.41) is 8.48. The minimum atomic E-state index is -3.55. The van der Waals surface area contributed by atoms with Crippen molar-refractivity contribution < 1.29 is 28.2 Å². The molecule has 1 atom stereocenters. The minimum Gasteiger partial charge on any atom is -0.481 e. The number of alkyl halides is 2. The number of carbonyl (C=O) groups is 2. The van der Waals surface area contributed by atoms with Gasteiger partial charge in [0.15, 0.2) is 0 Å². The van der Waals surface area contributed by atoms with Crippen LogP contribution in [0.25, 0.3) is 0 Å². The van der Waals surface area contributed by atoms with E-state index in [4.69, 9.17) is 9.84 Å². The molecule has 1 unspecified atom stereocenters. The van der Waals surface area contributed by atoms with Crippen LogP contribution in [0.3, 0.4) is 0 Å². The maximum absolute atomic E-state index is 13.5. The van der Waals surface area contributed by atoms with Crippen molar-refractivity contribution in [3.8, 4) is 0 Å². The lowest BCUT2D eigenvalue weighted by atomic mass is 9.93. The fraction of sp³-hybridized carbons (Fsp3) is 0.500. The zero-order chi connectivity index (χ0) is 17.1. The summed E-state index contributed by atoms with van der Waals surface area (Å²) in [7, 11) is 0. The van der Waals surface area contributed by atoms with Gasteiger partial charge in [-0.1, -0.05) is 30.3 Å². The number of nitrogens with zero attached hydrogens (tertiary/aromatic N) is 1. The second-order valence-electron chi connectivity index (χ2n) is 5.86. The summed E-state index contributed by atoms with van der Waals surface area (Å²) < 4.78 is 32.8. The number of halogens is 2. The maximum atomic E-state index is 13.5. The number of hydrogen-bond acceptors (Lipinski definition) is 3. The Balaban J connectivity index is 2.06. The third kappa shape index (κ3) is 4.48. The molecule has 7 heteroatoms. The molecule has 0 saturated carbocycles. The Morgan fingerprint density at radius 1 is 1.30 bits per heavy atom. The number of carboxylic acids is 1. The summed E-state index contributed by atoms with van der Waals surface area (Å²) in [6.07, 6.45) is -2.46. The van der Waals surface area contributed by atoms with Crippen LogP contribution in [-0.4, -0.2) is 47.5 Å². The molecule has 1 aliphatic heterocycles. The molecule has 0 aliphatic carbocycles. The van der Waals surface area contributed by atoms with Crippen LogP contribution >= 0.6 is 0 Å². The Bertz CT molecular complexity index is 579. The predicted molar refractivity (Wildman–Crippen MR) is 78.1 cm³/mol. The number of morpholine rings is 1. The van der Waals surface area contributed by atoms with E-state index in [9.17, 15) is 18.4 Å². The van der Waals surface area contributed by atoms with Crippen LogP contribution < -0.4 is 0 Å². The van der Waals surface area contributed by atoms with Crippen LogP contribution in [0.1, 0.15) is 25.3 Å². The van der Waals surface area contributed by atoms with E-state index >= 15 is 0 Å². The third-order valence-electron chi connectivity index (χ3n) is 3.83.